The van der Waals surface area contributed by atoms with Crippen LogP contribution in [0, 0.1) is 5.92 Å². The zero-order valence-corrected chi connectivity index (χ0v) is 13.2. The van der Waals surface area contributed by atoms with Gasteiger partial charge in [-0.2, -0.15) is 13.2 Å². The van der Waals surface area contributed by atoms with Gasteiger partial charge >= 0.3 is 12.2 Å². The van der Waals surface area contributed by atoms with Crippen molar-refractivity contribution in [1.82, 2.24) is 10.3 Å². The van der Waals surface area contributed by atoms with E-state index in [1.54, 1.807) is 17.0 Å². The van der Waals surface area contributed by atoms with E-state index in [0.717, 1.165) is 12.8 Å². The van der Waals surface area contributed by atoms with E-state index in [1.165, 1.54) is 6.20 Å². The Morgan fingerprint density at radius 3 is 2.43 bits per heavy atom. The predicted molar refractivity (Wildman–Crippen MR) is 82.5 cm³/mol. The summed E-state index contributed by atoms with van der Waals surface area (Å²) in [7, 11) is 3.63. The number of hydrogen-bond donors (Lipinski definition) is 2. The maximum absolute atomic E-state index is 13.2. The van der Waals surface area contributed by atoms with Gasteiger partial charge in [-0.1, -0.05) is 12.8 Å². The summed E-state index contributed by atoms with van der Waals surface area (Å²) >= 11 is 0. The number of amides is 2. The molecule has 1 aromatic heterocycles. The van der Waals surface area contributed by atoms with E-state index < -0.39 is 24.2 Å². The average molecular weight is 330 g/mol. The zero-order valence-electron chi connectivity index (χ0n) is 13.2. The highest BCUT2D eigenvalue weighted by atomic mass is 19.4. The minimum absolute atomic E-state index is 0.348. The summed E-state index contributed by atoms with van der Waals surface area (Å²) in [6.45, 7) is 0. The van der Waals surface area contributed by atoms with Crippen LogP contribution in [0.25, 0.3) is 0 Å². The fourth-order valence-electron chi connectivity index (χ4n) is 2.79. The van der Waals surface area contributed by atoms with Crippen molar-refractivity contribution in [3.63, 3.8) is 0 Å². The lowest BCUT2D eigenvalue weighted by molar-refractivity contribution is -0.164. The minimum atomic E-state index is -4.45. The highest BCUT2D eigenvalue weighted by molar-refractivity contribution is 5.89. The van der Waals surface area contributed by atoms with Crippen LogP contribution in [0.4, 0.5) is 29.5 Å². The number of halogens is 3. The maximum Gasteiger partial charge on any atom is 0.408 e. The molecule has 0 aromatic carbocycles. The van der Waals surface area contributed by atoms with Gasteiger partial charge in [-0.3, -0.25) is 0 Å². The van der Waals surface area contributed by atoms with Gasteiger partial charge in [0.25, 0.3) is 0 Å². The SMILES string of the molecule is CN(C)c1ccc(NC(=O)N[C@@H](C2CCCC2)C(F)(F)F)cn1. The number of aromatic nitrogens is 1. The number of nitrogens with zero attached hydrogens (tertiary/aromatic N) is 2. The Labute approximate surface area is 133 Å². The maximum atomic E-state index is 13.2. The van der Waals surface area contributed by atoms with Gasteiger partial charge in [-0.05, 0) is 30.9 Å². The molecule has 1 aliphatic rings. The minimum Gasteiger partial charge on any atom is -0.363 e. The van der Waals surface area contributed by atoms with E-state index in [2.05, 4.69) is 15.6 Å². The lowest BCUT2D eigenvalue weighted by Crippen LogP contribution is -2.50. The van der Waals surface area contributed by atoms with Gasteiger partial charge in [0, 0.05) is 14.1 Å². The van der Waals surface area contributed by atoms with Crippen LogP contribution >= 0.6 is 0 Å². The molecule has 0 saturated heterocycles. The molecule has 2 amide bonds. The van der Waals surface area contributed by atoms with Crippen molar-refractivity contribution in [2.24, 2.45) is 5.92 Å². The predicted octanol–water partition coefficient (Wildman–Crippen LogP) is 3.39. The quantitative estimate of drug-likeness (QED) is 0.890. The molecule has 128 valence electrons. The molecule has 0 aliphatic heterocycles. The van der Waals surface area contributed by atoms with Crippen molar-refractivity contribution in [2.75, 3.05) is 24.3 Å². The third-order valence-electron chi connectivity index (χ3n) is 3.97. The Bertz CT molecular complexity index is 525. The molecule has 23 heavy (non-hydrogen) atoms. The molecule has 5 nitrogen and oxygen atoms in total. The van der Waals surface area contributed by atoms with Crippen molar-refractivity contribution < 1.29 is 18.0 Å². The monoisotopic (exact) mass is 330 g/mol. The Morgan fingerprint density at radius 2 is 1.96 bits per heavy atom. The van der Waals surface area contributed by atoms with Crippen LogP contribution in [0.3, 0.4) is 0 Å². The second-order valence-corrected chi connectivity index (χ2v) is 5.96. The van der Waals surface area contributed by atoms with Crippen molar-refractivity contribution in [3.05, 3.63) is 18.3 Å². The molecule has 1 heterocycles. The zero-order chi connectivity index (χ0) is 17.0. The highest BCUT2D eigenvalue weighted by Gasteiger charge is 2.46. The van der Waals surface area contributed by atoms with E-state index in [4.69, 9.17) is 0 Å². The first-order chi connectivity index (χ1) is 10.8. The lowest BCUT2D eigenvalue weighted by Gasteiger charge is -2.27. The van der Waals surface area contributed by atoms with Crippen LogP contribution in [0.1, 0.15) is 25.7 Å². The van der Waals surface area contributed by atoms with Gasteiger partial charge in [0.05, 0.1) is 11.9 Å². The summed E-state index contributed by atoms with van der Waals surface area (Å²) in [5, 5.41) is 4.47. The highest BCUT2D eigenvalue weighted by Crippen LogP contribution is 2.35. The number of alkyl halides is 3. The molecule has 0 unspecified atom stereocenters. The summed E-state index contributed by atoms with van der Waals surface area (Å²) in [5.41, 5.74) is 0.348. The fourth-order valence-corrected chi connectivity index (χ4v) is 2.79. The summed E-state index contributed by atoms with van der Waals surface area (Å²) in [5.74, 6) is 0.144. The van der Waals surface area contributed by atoms with Gasteiger partial charge in [0.15, 0.2) is 0 Å². The van der Waals surface area contributed by atoms with Crippen molar-refractivity contribution in [3.8, 4) is 0 Å². The summed E-state index contributed by atoms with van der Waals surface area (Å²) in [6.07, 6.45) is -0.507. The van der Waals surface area contributed by atoms with Crippen LogP contribution in [-0.4, -0.2) is 37.3 Å². The van der Waals surface area contributed by atoms with Crippen LogP contribution in [0.15, 0.2) is 18.3 Å². The van der Waals surface area contributed by atoms with E-state index in [0.29, 0.717) is 24.3 Å². The van der Waals surface area contributed by atoms with Crippen molar-refractivity contribution in [2.45, 2.75) is 37.9 Å². The number of anilines is 2. The first-order valence-corrected chi connectivity index (χ1v) is 7.55. The van der Waals surface area contributed by atoms with E-state index in [9.17, 15) is 18.0 Å². The van der Waals surface area contributed by atoms with Gasteiger partial charge in [0.2, 0.25) is 0 Å². The Morgan fingerprint density at radius 1 is 1.30 bits per heavy atom. The van der Waals surface area contributed by atoms with Gasteiger partial charge in [0.1, 0.15) is 11.9 Å². The number of carbonyl (C=O) groups is 1. The standard InChI is InChI=1S/C15H21F3N4O/c1-22(2)12-8-7-11(9-19-12)20-14(23)21-13(15(16,17)18)10-5-3-4-6-10/h7-10,13H,3-6H2,1-2H3,(H2,20,21,23)/t13-/m0/s1. The van der Waals surface area contributed by atoms with Crippen LogP contribution in [0.5, 0.6) is 0 Å². The molecular weight excluding hydrogens is 309 g/mol. The number of nitrogens with one attached hydrogen (secondary N) is 2. The first kappa shape index (κ1) is 17.4. The van der Waals surface area contributed by atoms with Crippen molar-refractivity contribution >= 4 is 17.5 Å². The molecule has 0 bridgehead atoms. The Hall–Kier alpha value is -1.99. The molecule has 1 saturated carbocycles. The summed E-state index contributed by atoms with van der Waals surface area (Å²) < 4.78 is 39.5. The number of urea groups is 1. The molecule has 2 N–H and O–H groups in total. The molecule has 1 aromatic rings. The Kier molecular flexibility index (Phi) is 5.33. The van der Waals surface area contributed by atoms with E-state index in [-0.39, 0.29) is 0 Å². The fraction of sp³-hybridized carbons (Fsp3) is 0.600. The van der Waals surface area contributed by atoms with E-state index >= 15 is 0 Å². The topological polar surface area (TPSA) is 57.3 Å². The number of pyridine rings is 1. The number of rotatable bonds is 4. The largest absolute Gasteiger partial charge is 0.408 e. The summed E-state index contributed by atoms with van der Waals surface area (Å²) in [4.78, 5) is 17.8. The second kappa shape index (κ2) is 7.06. The van der Waals surface area contributed by atoms with Crippen LogP contribution in [-0.2, 0) is 0 Å². The van der Waals surface area contributed by atoms with Crippen LogP contribution < -0.4 is 15.5 Å². The normalized spacial score (nSPS) is 16.9. The third-order valence-corrected chi connectivity index (χ3v) is 3.97. The third kappa shape index (κ3) is 4.74. The molecule has 1 aliphatic carbocycles. The number of carbonyl (C=O) groups excluding carboxylic acids is 1. The lowest BCUT2D eigenvalue weighted by atomic mass is 9.98. The van der Waals surface area contributed by atoms with Gasteiger partial charge in [-0.15, -0.1) is 0 Å². The molecule has 8 heteroatoms. The first-order valence-electron chi connectivity index (χ1n) is 7.55. The van der Waals surface area contributed by atoms with Crippen molar-refractivity contribution in [1.29, 1.82) is 0 Å². The molecule has 0 spiro atoms. The molecular formula is C15H21F3N4O. The van der Waals surface area contributed by atoms with E-state index in [1.807, 2.05) is 14.1 Å². The molecule has 1 atom stereocenters. The molecule has 0 radical (unpaired) electrons. The van der Waals surface area contributed by atoms with Crippen LogP contribution in [0.2, 0.25) is 0 Å². The van der Waals surface area contributed by atoms with Gasteiger partial charge < -0.3 is 15.5 Å². The second-order valence-electron chi connectivity index (χ2n) is 5.96. The molecule has 2 rings (SSSR count). The average Bonchev–Trinajstić information content (AvgIpc) is 2.98. The summed E-state index contributed by atoms with van der Waals surface area (Å²) in [6, 6.07) is 0.603. The number of hydrogen-bond acceptors (Lipinski definition) is 3. The molecule has 1 fully saturated rings. The Balaban J connectivity index is 1.98. The van der Waals surface area contributed by atoms with Gasteiger partial charge in [-0.25, -0.2) is 9.78 Å². The smallest absolute Gasteiger partial charge is 0.363 e.